The third-order valence-corrected chi connectivity index (χ3v) is 5.39. The van der Waals surface area contributed by atoms with Gasteiger partial charge in [-0.15, -0.1) is 0 Å². The van der Waals surface area contributed by atoms with E-state index in [0.29, 0.717) is 22.0 Å². The quantitative estimate of drug-likeness (QED) is 0.446. The molecule has 1 aliphatic rings. The van der Waals surface area contributed by atoms with Crippen LogP contribution in [-0.2, 0) is 23.0 Å². The Kier molecular flexibility index (Phi) is 4.06. The molecule has 0 radical (unpaired) electrons. The van der Waals surface area contributed by atoms with Crippen molar-refractivity contribution in [1.29, 1.82) is 0 Å². The van der Waals surface area contributed by atoms with Crippen LogP contribution in [0.25, 0.3) is 21.8 Å². The number of aromatic nitrogens is 1. The number of carbonyl (C=O) groups excluding carboxylic acids is 1. The molecule has 0 saturated carbocycles. The van der Waals surface area contributed by atoms with Gasteiger partial charge in [0.2, 0.25) is 11.0 Å². The van der Waals surface area contributed by atoms with Crippen LogP contribution in [0.5, 0.6) is 11.5 Å². The second kappa shape index (κ2) is 6.22. The van der Waals surface area contributed by atoms with Crippen molar-refractivity contribution in [2.75, 3.05) is 13.7 Å². The maximum atomic E-state index is 13.0. The number of esters is 1. The van der Waals surface area contributed by atoms with Gasteiger partial charge in [-0.2, -0.15) is 0 Å². The van der Waals surface area contributed by atoms with Gasteiger partial charge < -0.3 is 29.4 Å². The van der Waals surface area contributed by atoms with E-state index >= 15 is 0 Å². The molecule has 2 heterocycles. The minimum absolute atomic E-state index is 0.0455. The van der Waals surface area contributed by atoms with E-state index in [1.54, 1.807) is 35.9 Å². The number of nitrogens with zero attached hydrogens (tertiary/aromatic N) is 1. The number of aliphatic hydroxyl groups is 2. The third-order valence-electron chi connectivity index (χ3n) is 5.39. The van der Waals surface area contributed by atoms with Crippen molar-refractivity contribution in [2.24, 2.45) is 7.05 Å². The maximum Gasteiger partial charge on any atom is 0.344 e. The van der Waals surface area contributed by atoms with E-state index in [1.807, 2.05) is 0 Å². The van der Waals surface area contributed by atoms with Crippen LogP contribution in [0.2, 0.25) is 0 Å². The Labute approximate surface area is 159 Å². The Balaban J connectivity index is 1.99. The number of para-hydroxylation sites is 1. The number of fused-ring (bicyclic) bond motifs is 4. The summed E-state index contributed by atoms with van der Waals surface area (Å²) in [5.74, 6) is -1.05. The normalized spacial score (nSPS) is 17.9. The van der Waals surface area contributed by atoms with Crippen LogP contribution >= 0.6 is 0 Å². The Morgan fingerprint density at radius 3 is 2.79 bits per heavy atom. The fraction of sp³-hybridized carbons (Fsp3) is 0.300. The van der Waals surface area contributed by atoms with Crippen molar-refractivity contribution in [3.63, 3.8) is 0 Å². The van der Waals surface area contributed by atoms with Crippen molar-refractivity contribution in [3.05, 3.63) is 46.1 Å². The lowest BCUT2D eigenvalue weighted by molar-refractivity contribution is -0.177. The van der Waals surface area contributed by atoms with E-state index in [-0.39, 0.29) is 28.7 Å². The Bertz CT molecular complexity index is 1180. The number of ether oxygens (including phenoxy) is 2. The van der Waals surface area contributed by atoms with Crippen molar-refractivity contribution < 1.29 is 29.6 Å². The molecule has 0 amide bonds. The molecule has 2 aromatic carbocycles. The third kappa shape index (κ3) is 2.31. The maximum absolute atomic E-state index is 13.0. The smallest absolute Gasteiger partial charge is 0.344 e. The highest BCUT2D eigenvalue weighted by atomic mass is 16.6. The summed E-state index contributed by atoms with van der Waals surface area (Å²) in [6, 6.07) is 8.32. The SMILES string of the molecule is COC(=O)C(O)(CO)C1Cc2c(cc(O)c3c(=O)c4ccccc4n(C)c23)O1. The highest BCUT2D eigenvalue weighted by Crippen LogP contribution is 2.42. The van der Waals surface area contributed by atoms with Gasteiger partial charge in [-0.05, 0) is 12.1 Å². The number of phenolic OH excluding ortho intramolecular Hbond substituents is 1. The van der Waals surface area contributed by atoms with E-state index in [4.69, 9.17) is 4.74 Å². The molecule has 1 aliphatic heterocycles. The van der Waals surface area contributed by atoms with Crippen molar-refractivity contribution in [2.45, 2.75) is 18.1 Å². The zero-order valence-electron chi connectivity index (χ0n) is 15.3. The first-order chi connectivity index (χ1) is 13.3. The summed E-state index contributed by atoms with van der Waals surface area (Å²) in [5.41, 5.74) is -0.921. The summed E-state index contributed by atoms with van der Waals surface area (Å²) < 4.78 is 12.1. The molecule has 3 aromatic rings. The first-order valence-electron chi connectivity index (χ1n) is 8.68. The molecule has 28 heavy (non-hydrogen) atoms. The van der Waals surface area contributed by atoms with Gasteiger partial charge in [0.1, 0.15) is 17.6 Å². The van der Waals surface area contributed by atoms with E-state index in [1.165, 1.54) is 6.07 Å². The van der Waals surface area contributed by atoms with Crippen molar-refractivity contribution in [3.8, 4) is 11.5 Å². The predicted octanol–water partition coefficient (Wildman–Crippen LogP) is 0.597. The average Bonchev–Trinajstić information content (AvgIpc) is 3.14. The number of methoxy groups -OCH3 is 1. The largest absolute Gasteiger partial charge is 0.507 e. The molecule has 2 atom stereocenters. The van der Waals surface area contributed by atoms with Gasteiger partial charge in [-0.1, -0.05) is 12.1 Å². The summed E-state index contributed by atoms with van der Waals surface area (Å²) in [6.07, 6.45) is -1.09. The monoisotopic (exact) mass is 385 g/mol. The zero-order valence-corrected chi connectivity index (χ0v) is 15.3. The zero-order chi connectivity index (χ0) is 20.2. The molecule has 0 saturated heterocycles. The predicted molar refractivity (Wildman–Crippen MR) is 101 cm³/mol. The van der Waals surface area contributed by atoms with E-state index in [9.17, 15) is 24.9 Å². The summed E-state index contributed by atoms with van der Waals surface area (Å²) in [5, 5.41) is 31.3. The lowest BCUT2D eigenvalue weighted by Gasteiger charge is -2.28. The number of aliphatic hydroxyl groups excluding tert-OH is 1. The number of hydrogen-bond acceptors (Lipinski definition) is 7. The number of benzene rings is 2. The van der Waals surface area contributed by atoms with Gasteiger partial charge in [-0.3, -0.25) is 4.79 Å². The van der Waals surface area contributed by atoms with E-state index in [2.05, 4.69) is 4.74 Å². The van der Waals surface area contributed by atoms with Gasteiger partial charge in [0.25, 0.3) is 0 Å². The minimum atomic E-state index is -2.27. The molecule has 146 valence electrons. The summed E-state index contributed by atoms with van der Waals surface area (Å²) in [7, 11) is 2.86. The molecule has 4 rings (SSSR count). The number of phenols is 1. The van der Waals surface area contributed by atoms with Crippen LogP contribution in [0.4, 0.5) is 0 Å². The number of hydrogen-bond donors (Lipinski definition) is 3. The number of aryl methyl sites for hydroxylation is 1. The summed E-state index contributed by atoms with van der Waals surface area (Å²) in [4.78, 5) is 25.0. The fourth-order valence-corrected chi connectivity index (χ4v) is 3.90. The van der Waals surface area contributed by atoms with Gasteiger partial charge in [-0.25, -0.2) is 4.79 Å². The molecular formula is C20H19NO7. The highest BCUT2D eigenvalue weighted by Gasteiger charge is 2.50. The lowest BCUT2D eigenvalue weighted by atomic mass is 9.92. The van der Waals surface area contributed by atoms with Crippen LogP contribution in [-0.4, -0.2) is 51.3 Å². The van der Waals surface area contributed by atoms with Crippen molar-refractivity contribution >= 4 is 27.8 Å². The number of pyridine rings is 1. The van der Waals surface area contributed by atoms with E-state index < -0.39 is 24.3 Å². The topological polar surface area (TPSA) is 118 Å². The van der Waals surface area contributed by atoms with Gasteiger partial charge in [0, 0.05) is 30.5 Å². The van der Waals surface area contributed by atoms with Crippen LogP contribution in [0, 0.1) is 0 Å². The molecule has 8 heteroatoms. The Morgan fingerprint density at radius 1 is 1.39 bits per heavy atom. The van der Waals surface area contributed by atoms with Gasteiger partial charge in [0.05, 0.1) is 30.1 Å². The lowest BCUT2D eigenvalue weighted by Crippen LogP contribution is -2.55. The first-order valence-corrected chi connectivity index (χ1v) is 8.68. The average molecular weight is 385 g/mol. The first kappa shape index (κ1) is 18.3. The van der Waals surface area contributed by atoms with E-state index in [0.717, 1.165) is 7.11 Å². The molecule has 3 N–H and O–H groups in total. The highest BCUT2D eigenvalue weighted by molar-refractivity contribution is 5.99. The fourth-order valence-electron chi connectivity index (χ4n) is 3.90. The molecule has 0 fully saturated rings. The molecule has 0 aliphatic carbocycles. The number of aromatic hydroxyl groups is 1. The molecule has 1 aromatic heterocycles. The molecule has 8 nitrogen and oxygen atoms in total. The molecule has 0 bridgehead atoms. The van der Waals surface area contributed by atoms with Gasteiger partial charge in [0.15, 0.2) is 0 Å². The van der Waals surface area contributed by atoms with Crippen LogP contribution in [0.15, 0.2) is 35.1 Å². The second-order valence-corrected chi connectivity index (χ2v) is 6.89. The number of carbonyl (C=O) groups is 1. The summed E-state index contributed by atoms with van der Waals surface area (Å²) >= 11 is 0. The molecule has 2 unspecified atom stereocenters. The minimum Gasteiger partial charge on any atom is -0.507 e. The van der Waals surface area contributed by atoms with Crippen molar-refractivity contribution in [1.82, 2.24) is 4.57 Å². The molecular weight excluding hydrogens is 366 g/mol. The Morgan fingerprint density at radius 2 is 2.11 bits per heavy atom. The Hall–Kier alpha value is -3.10. The second-order valence-electron chi connectivity index (χ2n) is 6.89. The van der Waals surface area contributed by atoms with Crippen LogP contribution < -0.4 is 10.2 Å². The van der Waals surface area contributed by atoms with Crippen LogP contribution in [0.1, 0.15) is 5.56 Å². The standard InChI is InChI=1S/C20H19NO7/c1-21-12-6-4-3-5-10(12)18(24)16-13(23)8-14-11(17(16)21)7-15(28-14)20(26,9-22)19(25)27-2/h3-6,8,15,22-23,26H,7,9H2,1-2H3. The van der Waals surface area contributed by atoms with Gasteiger partial charge >= 0.3 is 5.97 Å². The molecule has 0 spiro atoms. The van der Waals surface area contributed by atoms with Crippen LogP contribution in [0.3, 0.4) is 0 Å². The number of rotatable bonds is 3. The summed E-state index contributed by atoms with van der Waals surface area (Å²) in [6.45, 7) is -0.899.